The molecule has 0 aliphatic carbocycles. The maximum atomic E-state index is 2.40. The van der Waals surface area contributed by atoms with E-state index >= 15 is 0 Å². The van der Waals surface area contributed by atoms with Crippen molar-refractivity contribution in [3.8, 4) is 27.9 Å². The van der Waals surface area contributed by atoms with E-state index in [4.69, 9.17) is 0 Å². The summed E-state index contributed by atoms with van der Waals surface area (Å²) in [6.07, 6.45) is 0. The molecule has 208 valence electrons. The average Bonchev–Trinajstić information content (AvgIpc) is 3.43. The van der Waals surface area contributed by atoms with Crippen LogP contribution in [0.2, 0.25) is 0 Å². The fourth-order valence-corrected chi connectivity index (χ4v) is 6.27. The minimum Gasteiger partial charge on any atom is -0.311 e. The van der Waals surface area contributed by atoms with E-state index < -0.39 is 0 Å². The topological polar surface area (TPSA) is 8.17 Å². The Morgan fingerprint density at radius 1 is 0.318 bits per heavy atom. The Balaban J connectivity index is 1.30. The van der Waals surface area contributed by atoms with Gasteiger partial charge in [-0.15, -0.1) is 0 Å². The molecule has 0 fully saturated rings. The fraction of sp³-hybridized carbons (Fsp3) is 0. The first kappa shape index (κ1) is 25.8. The van der Waals surface area contributed by atoms with Gasteiger partial charge in [-0.2, -0.15) is 0 Å². The van der Waals surface area contributed by atoms with E-state index in [0.29, 0.717) is 0 Å². The van der Waals surface area contributed by atoms with E-state index in [1.807, 2.05) is 0 Å². The predicted molar refractivity (Wildman–Crippen MR) is 186 cm³/mol. The number of aromatic nitrogens is 1. The summed E-state index contributed by atoms with van der Waals surface area (Å²) >= 11 is 0. The number of rotatable bonds is 6. The van der Waals surface area contributed by atoms with Gasteiger partial charge in [0.05, 0.1) is 11.0 Å². The molecule has 0 radical (unpaired) electrons. The lowest BCUT2D eigenvalue weighted by Crippen LogP contribution is -2.09. The van der Waals surface area contributed by atoms with Crippen LogP contribution in [0.25, 0.3) is 49.7 Å². The Kier molecular flexibility index (Phi) is 6.51. The van der Waals surface area contributed by atoms with Crippen LogP contribution in [0.1, 0.15) is 0 Å². The summed E-state index contributed by atoms with van der Waals surface area (Å²) in [5, 5.41) is 2.50. The Bertz CT molecular complexity index is 2050. The summed E-state index contributed by atoms with van der Waals surface area (Å²) < 4.78 is 2.40. The SMILES string of the molecule is c1ccc(-c2ccc3c(c2)c2cc(-c4ccccc4)ccc2n3-c2ccc(N(c3ccccc3)c3ccccc3)cc2)cc1. The van der Waals surface area contributed by atoms with Crippen LogP contribution in [0.4, 0.5) is 17.1 Å². The molecular formula is C42H30N2. The predicted octanol–water partition coefficient (Wildman–Crippen LogP) is 11.6. The number of hydrogen-bond acceptors (Lipinski definition) is 1. The van der Waals surface area contributed by atoms with Crippen LogP contribution in [0, 0.1) is 0 Å². The maximum Gasteiger partial charge on any atom is 0.0541 e. The molecule has 7 aromatic carbocycles. The number of fused-ring (bicyclic) bond motifs is 3. The second-order valence-corrected chi connectivity index (χ2v) is 11.1. The molecule has 1 heterocycles. The molecule has 0 atom stereocenters. The van der Waals surface area contributed by atoms with Gasteiger partial charge in [-0.3, -0.25) is 0 Å². The van der Waals surface area contributed by atoms with Crippen LogP contribution in [-0.4, -0.2) is 4.57 Å². The normalized spacial score (nSPS) is 11.2. The first-order valence-electron chi connectivity index (χ1n) is 15.0. The molecule has 0 bridgehead atoms. The average molecular weight is 563 g/mol. The molecule has 0 saturated heterocycles. The fourth-order valence-electron chi connectivity index (χ4n) is 6.27. The van der Waals surface area contributed by atoms with Gasteiger partial charge in [0.15, 0.2) is 0 Å². The Labute approximate surface area is 257 Å². The van der Waals surface area contributed by atoms with E-state index in [2.05, 4.69) is 191 Å². The zero-order chi connectivity index (χ0) is 29.3. The van der Waals surface area contributed by atoms with Gasteiger partial charge < -0.3 is 9.47 Å². The Hall–Kier alpha value is -5.86. The van der Waals surface area contributed by atoms with Crippen molar-refractivity contribution in [1.29, 1.82) is 0 Å². The van der Waals surface area contributed by atoms with Crippen molar-refractivity contribution in [2.24, 2.45) is 0 Å². The van der Waals surface area contributed by atoms with Gasteiger partial charge in [-0.1, -0.05) is 109 Å². The summed E-state index contributed by atoms with van der Waals surface area (Å²) in [5.41, 5.74) is 11.8. The second kappa shape index (κ2) is 11.1. The quantitative estimate of drug-likeness (QED) is 0.196. The first-order chi connectivity index (χ1) is 21.8. The smallest absolute Gasteiger partial charge is 0.0541 e. The van der Waals surface area contributed by atoms with Crippen molar-refractivity contribution in [3.63, 3.8) is 0 Å². The summed E-state index contributed by atoms with van der Waals surface area (Å²) in [7, 11) is 0. The molecule has 0 amide bonds. The highest BCUT2D eigenvalue weighted by Gasteiger charge is 2.16. The van der Waals surface area contributed by atoms with Crippen molar-refractivity contribution >= 4 is 38.9 Å². The third-order valence-corrected chi connectivity index (χ3v) is 8.37. The van der Waals surface area contributed by atoms with Crippen molar-refractivity contribution in [2.45, 2.75) is 0 Å². The van der Waals surface area contributed by atoms with E-state index in [9.17, 15) is 0 Å². The van der Waals surface area contributed by atoms with Crippen molar-refractivity contribution in [3.05, 3.63) is 182 Å². The third kappa shape index (κ3) is 4.63. The second-order valence-electron chi connectivity index (χ2n) is 11.1. The van der Waals surface area contributed by atoms with E-state index in [1.165, 1.54) is 44.1 Å². The zero-order valence-corrected chi connectivity index (χ0v) is 24.2. The van der Waals surface area contributed by atoms with Gasteiger partial charge in [-0.25, -0.2) is 0 Å². The van der Waals surface area contributed by atoms with Gasteiger partial charge in [0.25, 0.3) is 0 Å². The first-order valence-corrected chi connectivity index (χ1v) is 15.0. The minimum absolute atomic E-state index is 1.12. The molecule has 0 aliphatic heterocycles. The molecule has 1 aromatic heterocycles. The van der Waals surface area contributed by atoms with Gasteiger partial charge in [0.2, 0.25) is 0 Å². The highest BCUT2D eigenvalue weighted by molar-refractivity contribution is 6.11. The number of anilines is 3. The van der Waals surface area contributed by atoms with Gasteiger partial charge in [-0.05, 0) is 95.1 Å². The highest BCUT2D eigenvalue weighted by atomic mass is 15.1. The lowest BCUT2D eigenvalue weighted by atomic mass is 10.0. The van der Waals surface area contributed by atoms with Crippen LogP contribution in [0.3, 0.4) is 0 Å². The van der Waals surface area contributed by atoms with Gasteiger partial charge in [0, 0.05) is 33.5 Å². The van der Waals surface area contributed by atoms with Crippen molar-refractivity contribution in [1.82, 2.24) is 4.57 Å². The van der Waals surface area contributed by atoms with E-state index in [0.717, 1.165) is 22.7 Å². The molecule has 8 rings (SSSR count). The lowest BCUT2D eigenvalue weighted by Gasteiger charge is -2.25. The standard InChI is InChI=1S/C42H30N2/c1-5-13-31(14-6-1)33-21-27-41-39(29-33)40-30-34(32-15-7-2-8-16-32)22-28-42(40)44(41)38-25-23-37(24-26-38)43(35-17-9-3-10-18-35)36-19-11-4-12-20-36/h1-30H. The molecule has 44 heavy (non-hydrogen) atoms. The van der Waals surface area contributed by atoms with Gasteiger partial charge in [0.1, 0.15) is 0 Å². The third-order valence-electron chi connectivity index (χ3n) is 8.37. The van der Waals surface area contributed by atoms with E-state index in [-0.39, 0.29) is 0 Å². The number of para-hydroxylation sites is 2. The lowest BCUT2D eigenvalue weighted by molar-refractivity contribution is 1.17. The molecule has 8 aromatic rings. The van der Waals surface area contributed by atoms with E-state index in [1.54, 1.807) is 0 Å². The van der Waals surface area contributed by atoms with Crippen molar-refractivity contribution in [2.75, 3.05) is 4.90 Å². The number of benzene rings is 7. The van der Waals surface area contributed by atoms with Crippen LogP contribution in [0.5, 0.6) is 0 Å². The molecule has 2 heteroatoms. The Morgan fingerprint density at radius 3 is 1.14 bits per heavy atom. The Morgan fingerprint density at radius 2 is 0.705 bits per heavy atom. The van der Waals surface area contributed by atoms with Crippen LogP contribution in [-0.2, 0) is 0 Å². The molecule has 0 saturated carbocycles. The summed E-state index contributed by atoms with van der Waals surface area (Å²) in [6, 6.07) is 65.0. The summed E-state index contributed by atoms with van der Waals surface area (Å²) in [6.45, 7) is 0. The van der Waals surface area contributed by atoms with Crippen LogP contribution >= 0.6 is 0 Å². The summed E-state index contributed by atoms with van der Waals surface area (Å²) in [4.78, 5) is 2.30. The largest absolute Gasteiger partial charge is 0.311 e. The maximum absolute atomic E-state index is 2.40. The molecular weight excluding hydrogens is 532 g/mol. The minimum atomic E-state index is 1.12. The number of hydrogen-bond donors (Lipinski definition) is 0. The zero-order valence-electron chi connectivity index (χ0n) is 24.2. The molecule has 0 aliphatic rings. The molecule has 0 spiro atoms. The van der Waals surface area contributed by atoms with Crippen LogP contribution < -0.4 is 4.90 Å². The molecule has 2 nitrogen and oxygen atoms in total. The van der Waals surface area contributed by atoms with Gasteiger partial charge >= 0.3 is 0 Å². The monoisotopic (exact) mass is 562 g/mol. The molecule has 0 unspecified atom stereocenters. The molecule has 0 N–H and O–H groups in total. The number of nitrogens with zero attached hydrogens (tertiary/aromatic N) is 2. The van der Waals surface area contributed by atoms with Crippen LogP contribution in [0.15, 0.2) is 182 Å². The summed E-state index contributed by atoms with van der Waals surface area (Å²) in [5.74, 6) is 0. The van der Waals surface area contributed by atoms with Crippen molar-refractivity contribution < 1.29 is 0 Å². The highest BCUT2D eigenvalue weighted by Crippen LogP contribution is 2.39.